The fraction of sp³-hybridized carbons (Fsp3) is 0.174. The third kappa shape index (κ3) is 4.11. The molecule has 4 heteroatoms. The molecule has 3 aromatic carbocycles. The number of nitrogens with zero attached hydrogens (tertiary/aromatic N) is 1. The average Bonchev–Trinajstić information content (AvgIpc) is 2.68. The first-order valence-corrected chi connectivity index (χ1v) is 8.99. The van der Waals surface area contributed by atoms with Crippen LogP contribution in [0, 0.1) is 5.92 Å². The normalized spacial score (nSPS) is 11.7. The fourth-order valence-corrected chi connectivity index (χ4v) is 3.26. The van der Waals surface area contributed by atoms with Crippen LogP contribution in [0.15, 0.2) is 71.9 Å². The molecule has 138 valence electrons. The molecule has 0 aliphatic heterocycles. The Balaban J connectivity index is 2.20. The summed E-state index contributed by atoms with van der Waals surface area (Å²) in [7, 11) is 0. The maximum absolute atomic E-state index is 10.1. The molecular weight excluding hydrogens is 336 g/mol. The molecule has 0 aliphatic rings. The van der Waals surface area contributed by atoms with Gasteiger partial charge in [0.25, 0.3) is 0 Å². The summed E-state index contributed by atoms with van der Waals surface area (Å²) in [4.78, 5) is 0. The molecule has 0 aliphatic carbocycles. The summed E-state index contributed by atoms with van der Waals surface area (Å²) in [6, 6.07) is 21.8. The molecular formula is C23H24N2O2. The highest BCUT2D eigenvalue weighted by atomic mass is 16.4. The van der Waals surface area contributed by atoms with Crippen molar-refractivity contribution in [3.05, 3.63) is 77.9 Å². The van der Waals surface area contributed by atoms with Gasteiger partial charge in [-0.1, -0.05) is 73.6 Å². The van der Waals surface area contributed by atoms with Gasteiger partial charge in [0, 0.05) is 0 Å². The van der Waals surface area contributed by atoms with Crippen molar-refractivity contribution < 1.29 is 10.3 Å². The highest BCUT2D eigenvalue weighted by Crippen LogP contribution is 2.35. The molecule has 4 N–H and O–H groups in total. The van der Waals surface area contributed by atoms with Crippen LogP contribution in [-0.4, -0.2) is 16.1 Å². The number of nitrogens with two attached hydrogens (primary N) is 1. The lowest BCUT2D eigenvalue weighted by Crippen LogP contribution is -2.13. The first-order chi connectivity index (χ1) is 13.0. The second-order valence-corrected chi connectivity index (χ2v) is 7.06. The van der Waals surface area contributed by atoms with Crippen molar-refractivity contribution in [1.29, 1.82) is 0 Å². The number of amidine groups is 1. The number of aromatic hydroxyl groups is 1. The largest absolute Gasteiger partial charge is 0.507 e. The van der Waals surface area contributed by atoms with E-state index in [-0.39, 0.29) is 11.6 Å². The maximum Gasteiger partial charge on any atom is 0.173 e. The van der Waals surface area contributed by atoms with Crippen LogP contribution in [0.2, 0.25) is 0 Å². The Morgan fingerprint density at radius 1 is 0.926 bits per heavy atom. The molecule has 4 nitrogen and oxygen atoms in total. The van der Waals surface area contributed by atoms with Crippen LogP contribution in [0.1, 0.15) is 25.0 Å². The van der Waals surface area contributed by atoms with E-state index in [1.807, 2.05) is 24.3 Å². The van der Waals surface area contributed by atoms with E-state index >= 15 is 0 Å². The summed E-state index contributed by atoms with van der Waals surface area (Å²) in [5, 5.41) is 22.1. The van der Waals surface area contributed by atoms with E-state index in [1.165, 1.54) is 5.56 Å². The van der Waals surface area contributed by atoms with Crippen LogP contribution in [0.3, 0.4) is 0 Å². The molecule has 0 fully saturated rings. The first-order valence-electron chi connectivity index (χ1n) is 8.99. The minimum absolute atomic E-state index is 0.0198. The summed E-state index contributed by atoms with van der Waals surface area (Å²) in [5.41, 5.74) is 11.4. The van der Waals surface area contributed by atoms with Crippen molar-refractivity contribution in [3.8, 4) is 28.0 Å². The van der Waals surface area contributed by atoms with Gasteiger partial charge in [0.05, 0.1) is 5.56 Å². The number of phenols is 1. The Labute approximate surface area is 159 Å². The zero-order chi connectivity index (χ0) is 19.4. The number of hydrogen-bond donors (Lipinski definition) is 3. The van der Waals surface area contributed by atoms with Crippen molar-refractivity contribution in [3.63, 3.8) is 0 Å². The molecule has 0 atom stereocenters. The van der Waals surface area contributed by atoms with Crippen molar-refractivity contribution in [2.45, 2.75) is 20.3 Å². The zero-order valence-electron chi connectivity index (χ0n) is 15.6. The highest BCUT2D eigenvalue weighted by molar-refractivity contribution is 6.01. The van der Waals surface area contributed by atoms with Gasteiger partial charge in [-0.2, -0.15) is 0 Å². The lowest BCUT2D eigenvalue weighted by Gasteiger charge is -2.15. The van der Waals surface area contributed by atoms with E-state index in [2.05, 4.69) is 49.3 Å². The Morgan fingerprint density at radius 2 is 1.67 bits per heavy atom. The summed E-state index contributed by atoms with van der Waals surface area (Å²) in [5.74, 6) is 0.413. The van der Waals surface area contributed by atoms with Gasteiger partial charge in [-0.05, 0) is 52.3 Å². The average molecular weight is 360 g/mol. The number of oxime groups is 1. The van der Waals surface area contributed by atoms with Crippen LogP contribution in [0.4, 0.5) is 0 Å². The van der Waals surface area contributed by atoms with E-state index in [0.717, 1.165) is 28.7 Å². The van der Waals surface area contributed by atoms with Crippen LogP contribution >= 0.6 is 0 Å². The topological polar surface area (TPSA) is 78.8 Å². The number of benzene rings is 3. The second kappa shape index (κ2) is 7.96. The van der Waals surface area contributed by atoms with Gasteiger partial charge >= 0.3 is 0 Å². The molecule has 0 aromatic heterocycles. The highest BCUT2D eigenvalue weighted by Gasteiger charge is 2.13. The van der Waals surface area contributed by atoms with Gasteiger partial charge in [0.2, 0.25) is 0 Å². The molecule has 0 bridgehead atoms. The van der Waals surface area contributed by atoms with Crippen molar-refractivity contribution in [2.24, 2.45) is 16.8 Å². The van der Waals surface area contributed by atoms with Gasteiger partial charge in [-0.15, -0.1) is 0 Å². The predicted octanol–water partition coefficient (Wildman–Crippen LogP) is 5.02. The first kappa shape index (κ1) is 18.5. The van der Waals surface area contributed by atoms with E-state index in [1.54, 1.807) is 12.1 Å². The van der Waals surface area contributed by atoms with E-state index in [0.29, 0.717) is 11.5 Å². The second-order valence-electron chi connectivity index (χ2n) is 7.06. The monoisotopic (exact) mass is 360 g/mol. The summed E-state index contributed by atoms with van der Waals surface area (Å²) >= 11 is 0. The summed E-state index contributed by atoms with van der Waals surface area (Å²) in [6.07, 6.45) is 0.979. The van der Waals surface area contributed by atoms with Crippen LogP contribution in [-0.2, 0) is 6.42 Å². The van der Waals surface area contributed by atoms with E-state index in [4.69, 9.17) is 10.9 Å². The van der Waals surface area contributed by atoms with Crippen molar-refractivity contribution >= 4 is 5.84 Å². The van der Waals surface area contributed by atoms with Crippen molar-refractivity contribution in [2.75, 3.05) is 0 Å². The molecule has 0 saturated carbocycles. The van der Waals surface area contributed by atoms with Crippen LogP contribution < -0.4 is 5.73 Å². The predicted molar refractivity (Wildman–Crippen MR) is 110 cm³/mol. The van der Waals surface area contributed by atoms with Crippen LogP contribution in [0.5, 0.6) is 5.75 Å². The molecule has 3 aromatic rings. The standard InChI is InChI=1S/C23H24N2O2/c1-15(2)12-16-8-10-19(17-6-4-3-5-7-17)20(13-16)18-9-11-22(26)21(14-18)23(24)25-27/h3-11,13-15,26-27H,12H2,1-2H3,(H2,24,25). The molecule has 0 spiro atoms. The number of rotatable bonds is 5. The minimum Gasteiger partial charge on any atom is -0.507 e. The quantitative estimate of drug-likeness (QED) is 0.259. The molecule has 0 saturated heterocycles. The Hall–Kier alpha value is -3.27. The molecule has 0 radical (unpaired) electrons. The van der Waals surface area contributed by atoms with Crippen molar-refractivity contribution in [1.82, 2.24) is 0 Å². The van der Waals surface area contributed by atoms with E-state index < -0.39 is 0 Å². The third-order valence-corrected chi connectivity index (χ3v) is 4.50. The fourth-order valence-electron chi connectivity index (χ4n) is 3.26. The summed E-state index contributed by atoms with van der Waals surface area (Å²) < 4.78 is 0. The Morgan fingerprint density at radius 3 is 2.33 bits per heavy atom. The molecule has 0 heterocycles. The van der Waals surface area contributed by atoms with E-state index in [9.17, 15) is 5.11 Å². The van der Waals surface area contributed by atoms with Crippen LogP contribution in [0.25, 0.3) is 22.3 Å². The Kier molecular flexibility index (Phi) is 5.46. The molecule has 3 rings (SSSR count). The zero-order valence-corrected chi connectivity index (χ0v) is 15.6. The maximum atomic E-state index is 10.1. The lowest BCUT2D eigenvalue weighted by molar-refractivity contribution is 0.318. The number of hydrogen-bond acceptors (Lipinski definition) is 3. The Bertz CT molecular complexity index is 963. The van der Waals surface area contributed by atoms with Gasteiger partial charge in [0.15, 0.2) is 5.84 Å². The van der Waals surface area contributed by atoms with Gasteiger partial charge in [-0.3, -0.25) is 0 Å². The minimum atomic E-state index is -0.117. The SMILES string of the molecule is CC(C)Cc1ccc(-c2ccccc2)c(-c2ccc(O)c(/C(N)=N/O)c2)c1. The lowest BCUT2D eigenvalue weighted by atomic mass is 9.90. The smallest absolute Gasteiger partial charge is 0.173 e. The van der Waals surface area contributed by atoms with Gasteiger partial charge in [0.1, 0.15) is 5.75 Å². The molecule has 0 unspecified atom stereocenters. The third-order valence-electron chi connectivity index (χ3n) is 4.50. The number of phenolic OH excluding ortho intramolecular Hbond substituents is 1. The molecule has 27 heavy (non-hydrogen) atoms. The molecule has 0 amide bonds. The van der Waals surface area contributed by atoms with Gasteiger partial charge < -0.3 is 16.0 Å². The van der Waals surface area contributed by atoms with Gasteiger partial charge in [-0.25, -0.2) is 0 Å². The summed E-state index contributed by atoms with van der Waals surface area (Å²) in [6.45, 7) is 4.39.